The summed E-state index contributed by atoms with van der Waals surface area (Å²) in [7, 11) is 2.00. The van der Waals surface area contributed by atoms with E-state index in [1.54, 1.807) is 0 Å². The Morgan fingerprint density at radius 3 is 3.04 bits per heavy atom. The second-order valence-electron chi connectivity index (χ2n) is 7.10. The number of hydrogen-bond acceptors (Lipinski definition) is 5. The minimum Gasteiger partial charge on any atom is -0.369 e. The van der Waals surface area contributed by atoms with E-state index in [1.165, 1.54) is 24.5 Å². The van der Waals surface area contributed by atoms with E-state index < -0.39 is 0 Å². The number of aromatic amines is 1. The van der Waals surface area contributed by atoms with E-state index in [9.17, 15) is 9.59 Å². The fraction of sp³-hybridized carbons (Fsp3) is 0.611. The summed E-state index contributed by atoms with van der Waals surface area (Å²) in [5.41, 5.74) is 7.32. The maximum absolute atomic E-state index is 12.5. The minimum absolute atomic E-state index is 0.139. The monoisotopic (exact) mass is 345 g/mol. The summed E-state index contributed by atoms with van der Waals surface area (Å²) < 4.78 is 0. The summed E-state index contributed by atoms with van der Waals surface area (Å²) in [5.74, 6) is 0.377. The van der Waals surface area contributed by atoms with Crippen molar-refractivity contribution in [3.63, 3.8) is 0 Å². The molecular formula is C18H27N5O2. The maximum Gasteiger partial charge on any atom is 0.252 e. The first-order chi connectivity index (χ1) is 12.0. The third kappa shape index (κ3) is 4.69. The number of nitrogens with two attached hydrogens (primary N) is 1. The van der Waals surface area contributed by atoms with Crippen molar-refractivity contribution in [3.8, 4) is 0 Å². The largest absolute Gasteiger partial charge is 0.369 e. The van der Waals surface area contributed by atoms with Crippen LogP contribution in [0.15, 0.2) is 22.5 Å². The van der Waals surface area contributed by atoms with Crippen molar-refractivity contribution in [2.45, 2.75) is 51.1 Å². The molecule has 1 fully saturated rings. The first-order valence-corrected chi connectivity index (χ1v) is 9.03. The second kappa shape index (κ2) is 7.82. The third-order valence-electron chi connectivity index (χ3n) is 5.13. The molecule has 1 atom stereocenters. The standard InChI is InChI=1S/C18H27N5O2/c1-22(11-14-10-16(24)21-18(19)20-14)15-7-8-23(12-15)17(25)9-13-5-3-2-4-6-13/h5,10,15H,2-4,6-9,11-12H2,1H3,(H3,19,20,21,24)/t15-/m1/s1. The molecule has 136 valence electrons. The van der Waals surface area contributed by atoms with E-state index in [4.69, 9.17) is 5.73 Å². The molecule has 1 aliphatic heterocycles. The number of H-pyrrole nitrogens is 1. The van der Waals surface area contributed by atoms with Gasteiger partial charge in [0.05, 0.1) is 5.69 Å². The van der Waals surface area contributed by atoms with E-state index in [0.29, 0.717) is 18.7 Å². The Hall–Kier alpha value is -2.15. The topological polar surface area (TPSA) is 95.3 Å². The quantitative estimate of drug-likeness (QED) is 0.784. The zero-order chi connectivity index (χ0) is 17.8. The fourth-order valence-corrected chi connectivity index (χ4v) is 3.69. The Kier molecular flexibility index (Phi) is 5.53. The summed E-state index contributed by atoms with van der Waals surface area (Å²) in [6.45, 7) is 2.08. The van der Waals surface area contributed by atoms with Crippen molar-refractivity contribution >= 4 is 11.9 Å². The zero-order valence-corrected chi connectivity index (χ0v) is 14.8. The normalized spacial score (nSPS) is 20.8. The third-order valence-corrected chi connectivity index (χ3v) is 5.13. The van der Waals surface area contributed by atoms with Crippen LogP contribution in [0.1, 0.15) is 44.2 Å². The summed E-state index contributed by atoms with van der Waals surface area (Å²) in [6.07, 6.45) is 8.39. The van der Waals surface area contributed by atoms with Gasteiger partial charge in [-0.3, -0.25) is 19.5 Å². The second-order valence-corrected chi connectivity index (χ2v) is 7.10. The Balaban J connectivity index is 1.53. The van der Waals surface area contributed by atoms with Crippen molar-refractivity contribution in [3.05, 3.63) is 33.8 Å². The molecule has 2 aliphatic rings. The molecule has 2 heterocycles. The van der Waals surface area contributed by atoms with Crippen molar-refractivity contribution < 1.29 is 4.79 Å². The number of anilines is 1. The Morgan fingerprint density at radius 2 is 2.32 bits per heavy atom. The lowest BCUT2D eigenvalue weighted by Crippen LogP contribution is -2.36. The summed E-state index contributed by atoms with van der Waals surface area (Å²) in [6, 6.07) is 1.76. The van der Waals surface area contributed by atoms with Gasteiger partial charge in [0.2, 0.25) is 11.9 Å². The molecule has 1 aromatic rings. The van der Waals surface area contributed by atoms with E-state index in [1.807, 2.05) is 11.9 Å². The van der Waals surface area contributed by atoms with E-state index in [-0.39, 0.29) is 23.5 Å². The van der Waals surface area contributed by atoms with E-state index in [2.05, 4.69) is 20.9 Å². The molecule has 25 heavy (non-hydrogen) atoms. The minimum atomic E-state index is -0.236. The Labute approximate surface area is 147 Å². The first kappa shape index (κ1) is 17.7. The predicted octanol–water partition coefficient (Wildman–Crippen LogP) is 1.28. The van der Waals surface area contributed by atoms with Gasteiger partial charge < -0.3 is 10.6 Å². The molecule has 3 N–H and O–H groups in total. The predicted molar refractivity (Wildman–Crippen MR) is 96.9 cm³/mol. The van der Waals surface area contributed by atoms with Crippen LogP contribution in [0.25, 0.3) is 0 Å². The van der Waals surface area contributed by atoms with Gasteiger partial charge >= 0.3 is 0 Å². The molecule has 0 bridgehead atoms. The SMILES string of the molecule is CN(Cc1cc(=O)[nH]c(N)n1)[C@@H]1CCN(C(=O)CC2=CCCCC2)C1. The smallest absolute Gasteiger partial charge is 0.252 e. The molecule has 1 aromatic heterocycles. The van der Waals surface area contributed by atoms with Gasteiger partial charge in [0.25, 0.3) is 5.56 Å². The molecule has 0 spiro atoms. The van der Waals surface area contributed by atoms with Gasteiger partial charge in [0, 0.05) is 38.2 Å². The number of hydrogen-bond donors (Lipinski definition) is 2. The number of allylic oxidation sites excluding steroid dienone is 1. The lowest BCUT2D eigenvalue weighted by atomic mass is 9.97. The van der Waals surface area contributed by atoms with Gasteiger partial charge in [-0.05, 0) is 39.2 Å². The zero-order valence-electron chi connectivity index (χ0n) is 14.8. The summed E-state index contributed by atoms with van der Waals surface area (Å²) in [4.78, 5) is 34.7. The molecule has 3 rings (SSSR count). The number of likely N-dealkylation sites (tertiary alicyclic amines) is 1. The van der Waals surface area contributed by atoms with Crippen molar-refractivity contribution in [1.29, 1.82) is 0 Å². The highest BCUT2D eigenvalue weighted by molar-refractivity contribution is 5.79. The summed E-state index contributed by atoms with van der Waals surface area (Å²) in [5, 5.41) is 0. The average Bonchev–Trinajstić information content (AvgIpc) is 3.05. The molecule has 7 nitrogen and oxygen atoms in total. The van der Waals surface area contributed by atoms with E-state index in [0.717, 1.165) is 32.4 Å². The van der Waals surface area contributed by atoms with Gasteiger partial charge in [0.1, 0.15) is 0 Å². The lowest BCUT2D eigenvalue weighted by Gasteiger charge is -2.24. The van der Waals surface area contributed by atoms with Crippen LogP contribution in [0, 0.1) is 0 Å². The van der Waals surface area contributed by atoms with Crippen LogP contribution >= 0.6 is 0 Å². The fourth-order valence-electron chi connectivity index (χ4n) is 3.69. The van der Waals surface area contributed by atoms with E-state index >= 15 is 0 Å². The van der Waals surface area contributed by atoms with Gasteiger partial charge in [-0.25, -0.2) is 4.98 Å². The first-order valence-electron chi connectivity index (χ1n) is 9.03. The van der Waals surface area contributed by atoms with Gasteiger partial charge in [-0.15, -0.1) is 0 Å². The number of aromatic nitrogens is 2. The van der Waals surface area contributed by atoms with Crippen LogP contribution in [0.3, 0.4) is 0 Å². The number of likely N-dealkylation sites (N-methyl/N-ethyl adjacent to an activating group) is 1. The van der Waals surface area contributed by atoms with Crippen LogP contribution < -0.4 is 11.3 Å². The number of nitrogen functional groups attached to an aromatic ring is 1. The molecule has 0 unspecified atom stereocenters. The Morgan fingerprint density at radius 1 is 1.48 bits per heavy atom. The molecular weight excluding hydrogens is 318 g/mol. The highest BCUT2D eigenvalue weighted by Crippen LogP contribution is 2.23. The van der Waals surface area contributed by atoms with Crippen molar-refractivity contribution in [1.82, 2.24) is 19.8 Å². The number of carbonyl (C=O) groups is 1. The van der Waals surface area contributed by atoms with Crippen LogP contribution in [0.5, 0.6) is 0 Å². The Bertz CT molecular complexity index is 712. The highest BCUT2D eigenvalue weighted by Gasteiger charge is 2.29. The highest BCUT2D eigenvalue weighted by atomic mass is 16.2. The maximum atomic E-state index is 12.5. The van der Waals surface area contributed by atoms with Crippen LogP contribution in [0.2, 0.25) is 0 Å². The number of rotatable bonds is 5. The molecule has 1 aliphatic carbocycles. The molecule has 1 saturated heterocycles. The van der Waals surface area contributed by atoms with Gasteiger partial charge in [0.15, 0.2) is 0 Å². The van der Waals surface area contributed by atoms with Crippen molar-refractivity contribution in [2.75, 3.05) is 25.9 Å². The van der Waals surface area contributed by atoms with Crippen LogP contribution in [-0.2, 0) is 11.3 Å². The summed E-state index contributed by atoms with van der Waals surface area (Å²) >= 11 is 0. The lowest BCUT2D eigenvalue weighted by molar-refractivity contribution is -0.129. The van der Waals surface area contributed by atoms with Crippen LogP contribution in [-0.4, -0.2) is 51.9 Å². The number of nitrogens with zero attached hydrogens (tertiary/aromatic N) is 3. The number of nitrogens with one attached hydrogen (secondary N) is 1. The molecule has 0 saturated carbocycles. The number of amides is 1. The van der Waals surface area contributed by atoms with Crippen LogP contribution in [0.4, 0.5) is 5.95 Å². The van der Waals surface area contributed by atoms with Crippen molar-refractivity contribution in [2.24, 2.45) is 0 Å². The average molecular weight is 345 g/mol. The number of carbonyl (C=O) groups excluding carboxylic acids is 1. The molecule has 7 heteroatoms. The molecule has 1 amide bonds. The molecule has 0 radical (unpaired) electrons. The van der Waals surface area contributed by atoms with Gasteiger partial charge in [-0.1, -0.05) is 11.6 Å². The van der Waals surface area contributed by atoms with Gasteiger partial charge in [-0.2, -0.15) is 0 Å². The molecule has 0 aromatic carbocycles.